The molecule has 3 rings (SSSR count). The third-order valence-electron chi connectivity index (χ3n) is 19.7. The molecule has 3 saturated heterocycles. The summed E-state index contributed by atoms with van der Waals surface area (Å²) in [7, 11) is 0. The van der Waals surface area contributed by atoms with Gasteiger partial charge in [0.15, 0.2) is 18.9 Å². The van der Waals surface area contributed by atoms with E-state index in [4.69, 9.17) is 28.4 Å². The second-order valence-electron chi connectivity index (χ2n) is 27.8. The van der Waals surface area contributed by atoms with Crippen LogP contribution in [0.1, 0.15) is 328 Å². The Bertz CT molecular complexity index is 1670. The molecule has 0 aliphatic carbocycles. The Balaban J connectivity index is 1.38. The van der Waals surface area contributed by atoms with Crippen molar-refractivity contribution in [1.82, 2.24) is 5.32 Å². The average molecular weight is 1320 g/mol. The van der Waals surface area contributed by atoms with Gasteiger partial charge >= 0.3 is 0 Å². The smallest absolute Gasteiger partial charge is 0.220 e. The molecule has 17 unspecified atom stereocenters. The molecular weight excluding hydrogens is 1180 g/mol. The molecule has 19 nitrogen and oxygen atoms in total. The zero-order valence-electron chi connectivity index (χ0n) is 58.1. The predicted octanol–water partition coefficient (Wildman–Crippen LogP) is 11.5. The number of carbonyl (C=O) groups excluding carboxylic acids is 1. The van der Waals surface area contributed by atoms with E-state index < -0.39 is 124 Å². The number of rotatable bonds is 61. The van der Waals surface area contributed by atoms with Crippen molar-refractivity contribution >= 4 is 5.91 Å². The fourth-order valence-electron chi connectivity index (χ4n) is 13.5. The second-order valence-corrected chi connectivity index (χ2v) is 27.8. The Kier molecular flexibility index (Phi) is 51.4. The van der Waals surface area contributed by atoms with E-state index in [1.807, 2.05) is 0 Å². The first-order valence-corrected chi connectivity index (χ1v) is 38.3. The summed E-state index contributed by atoms with van der Waals surface area (Å²) >= 11 is 0. The molecule has 3 aliphatic rings. The average Bonchev–Trinajstić information content (AvgIpc) is 0.854. The summed E-state index contributed by atoms with van der Waals surface area (Å²) in [6.45, 7) is 1.86. The van der Waals surface area contributed by atoms with E-state index in [1.54, 1.807) is 0 Å². The summed E-state index contributed by atoms with van der Waals surface area (Å²) in [5.41, 5.74) is 0. The van der Waals surface area contributed by atoms with E-state index in [1.165, 1.54) is 250 Å². The highest BCUT2D eigenvalue weighted by Crippen LogP contribution is 2.33. The quantitative estimate of drug-likeness (QED) is 0.0252. The van der Waals surface area contributed by atoms with Crippen molar-refractivity contribution in [1.29, 1.82) is 0 Å². The predicted molar refractivity (Wildman–Crippen MR) is 361 cm³/mol. The Morgan fingerprint density at radius 3 is 0.946 bits per heavy atom. The lowest BCUT2D eigenvalue weighted by Crippen LogP contribution is -2.66. The highest BCUT2D eigenvalue weighted by atomic mass is 16.8. The van der Waals surface area contributed by atoms with Gasteiger partial charge < -0.3 is 89.9 Å². The molecular formula is C73H141NO18. The first-order chi connectivity index (χ1) is 44.8. The van der Waals surface area contributed by atoms with Crippen LogP contribution in [0.2, 0.25) is 0 Å². The topological polar surface area (TPSA) is 307 Å². The maximum atomic E-state index is 13.5. The summed E-state index contributed by atoms with van der Waals surface area (Å²) in [5.74, 6) is -0.234. The minimum absolute atomic E-state index is 0.234. The van der Waals surface area contributed by atoms with E-state index in [-0.39, 0.29) is 18.9 Å². The van der Waals surface area contributed by atoms with Crippen molar-refractivity contribution in [2.45, 2.75) is 433 Å². The lowest BCUT2D eigenvalue weighted by molar-refractivity contribution is -0.379. The SMILES string of the molecule is CCCCCCCCCCCCCCCCCCCCCCCCCCCCCC(=O)NC(COC1OC(CO)C(OC2OC(CO)C(OC3OC(CO)C(O)C(O)C3O)C(O)C2O)C(O)C1O)C(O)CCCCCCCCCCCCCCCCCCCCCC. The summed E-state index contributed by atoms with van der Waals surface area (Å²) in [4.78, 5) is 13.5. The molecule has 0 bridgehead atoms. The zero-order chi connectivity index (χ0) is 66.8. The highest BCUT2D eigenvalue weighted by Gasteiger charge is 2.53. The van der Waals surface area contributed by atoms with E-state index >= 15 is 0 Å². The van der Waals surface area contributed by atoms with Crippen LogP contribution in [0, 0.1) is 0 Å². The molecule has 17 atom stereocenters. The van der Waals surface area contributed by atoms with Gasteiger partial charge in [-0.25, -0.2) is 0 Å². The third kappa shape index (κ3) is 36.6. The van der Waals surface area contributed by atoms with Gasteiger partial charge in [0.1, 0.15) is 73.2 Å². The molecule has 3 fully saturated rings. The lowest BCUT2D eigenvalue weighted by atomic mass is 9.96. The number of ether oxygens (including phenoxy) is 6. The van der Waals surface area contributed by atoms with Gasteiger partial charge in [-0.05, 0) is 12.8 Å². The van der Waals surface area contributed by atoms with E-state index in [0.29, 0.717) is 12.8 Å². The minimum atomic E-state index is -1.97. The van der Waals surface area contributed by atoms with Crippen molar-refractivity contribution in [3.05, 3.63) is 0 Å². The molecule has 1 amide bonds. The first kappa shape index (κ1) is 85.0. The Labute approximate surface area is 557 Å². The normalized spacial score (nSPS) is 27.6. The van der Waals surface area contributed by atoms with E-state index in [0.717, 1.165) is 44.9 Å². The summed E-state index contributed by atoms with van der Waals surface area (Å²) < 4.78 is 34.5. The maximum Gasteiger partial charge on any atom is 0.220 e. The van der Waals surface area contributed by atoms with Gasteiger partial charge in [-0.2, -0.15) is 0 Å². The van der Waals surface area contributed by atoms with Crippen molar-refractivity contribution < 1.29 is 89.4 Å². The standard InChI is InChI=1S/C73H141NO18/c1-3-5-7-9-11-13-15-17-19-21-23-25-26-27-28-29-30-31-33-35-37-39-41-43-45-47-49-51-61(79)74-56(57(78)50-48-46-44-42-40-38-36-34-32-24-22-20-18-16-14-12-10-8-6-4-2)55-87-71-67(85)64(82)69(59(53-76)89-71)92-73-68(86)65(83)70(60(54-77)90-73)91-72-66(84)63(81)62(80)58(52-75)88-72/h56-60,62-73,75-78,80-86H,3-55H2,1-2H3,(H,74,79). The van der Waals surface area contributed by atoms with Crippen molar-refractivity contribution in [3.8, 4) is 0 Å². The van der Waals surface area contributed by atoms with Crippen LogP contribution in [0.4, 0.5) is 0 Å². The van der Waals surface area contributed by atoms with Gasteiger partial charge in [0.25, 0.3) is 0 Å². The Hall–Kier alpha value is -1.21. The van der Waals surface area contributed by atoms with Crippen LogP contribution in [0.25, 0.3) is 0 Å². The van der Waals surface area contributed by atoms with Gasteiger partial charge in [-0.1, -0.05) is 309 Å². The second kappa shape index (κ2) is 55.6. The molecule has 3 aliphatic heterocycles. The van der Waals surface area contributed by atoms with E-state index in [9.17, 15) is 61.0 Å². The van der Waals surface area contributed by atoms with Gasteiger partial charge in [-0.3, -0.25) is 4.79 Å². The molecule has 12 N–H and O–H groups in total. The lowest BCUT2D eigenvalue weighted by Gasteiger charge is -2.48. The number of unbranched alkanes of at least 4 members (excludes halogenated alkanes) is 45. The molecule has 0 saturated carbocycles. The first-order valence-electron chi connectivity index (χ1n) is 38.3. The van der Waals surface area contributed by atoms with Crippen molar-refractivity contribution in [2.75, 3.05) is 26.4 Å². The van der Waals surface area contributed by atoms with Crippen LogP contribution in [-0.4, -0.2) is 193 Å². The molecule has 0 aromatic carbocycles. The molecule has 92 heavy (non-hydrogen) atoms. The summed E-state index contributed by atoms with van der Waals surface area (Å²) in [6, 6.07) is -0.882. The number of aliphatic hydroxyl groups excluding tert-OH is 11. The fraction of sp³-hybridized carbons (Fsp3) is 0.986. The van der Waals surface area contributed by atoms with Crippen LogP contribution >= 0.6 is 0 Å². The maximum absolute atomic E-state index is 13.5. The fourth-order valence-corrected chi connectivity index (χ4v) is 13.5. The molecule has 0 spiro atoms. The van der Waals surface area contributed by atoms with Gasteiger partial charge in [-0.15, -0.1) is 0 Å². The minimum Gasteiger partial charge on any atom is -0.394 e. The van der Waals surface area contributed by atoms with Gasteiger partial charge in [0, 0.05) is 6.42 Å². The summed E-state index contributed by atoms with van der Waals surface area (Å²) in [5, 5.41) is 121. The number of nitrogens with one attached hydrogen (secondary N) is 1. The van der Waals surface area contributed by atoms with Crippen molar-refractivity contribution in [3.63, 3.8) is 0 Å². The number of aliphatic hydroxyl groups is 11. The van der Waals surface area contributed by atoms with Crippen LogP contribution in [0.3, 0.4) is 0 Å². The molecule has 0 radical (unpaired) electrons. The Morgan fingerprint density at radius 1 is 0.348 bits per heavy atom. The van der Waals surface area contributed by atoms with Crippen LogP contribution in [0.15, 0.2) is 0 Å². The third-order valence-corrected chi connectivity index (χ3v) is 19.7. The van der Waals surface area contributed by atoms with E-state index in [2.05, 4.69) is 19.2 Å². The van der Waals surface area contributed by atoms with Crippen molar-refractivity contribution in [2.24, 2.45) is 0 Å². The number of hydrogen-bond donors (Lipinski definition) is 12. The number of amides is 1. The number of hydrogen-bond acceptors (Lipinski definition) is 18. The number of carbonyl (C=O) groups is 1. The highest BCUT2D eigenvalue weighted by molar-refractivity contribution is 5.76. The molecule has 19 heteroatoms. The van der Waals surface area contributed by atoms with Crippen LogP contribution < -0.4 is 5.32 Å². The Morgan fingerprint density at radius 2 is 0.620 bits per heavy atom. The monoisotopic (exact) mass is 1320 g/mol. The molecule has 546 valence electrons. The largest absolute Gasteiger partial charge is 0.394 e. The summed E-state index contributed by atoms with van der Waals surface area (Å²) in [6.07, 6.45) is 34.7. The van der Waals surface area contributed by atoms with Gasteiger partial charge in [0.2, 0.25) is 5.91 Å². The molecule has 0 aromatic rings. The van der Waals surface area contributed by atoms with Gasteiger partial charge in [0.05, 0.1) is 38.6 Å². The van der Waals surface area contributed by atoms with Crippen LogP contribution in [-0.2, 0) is 33.2 Å². The van der Waals surface area contributed by atoms with Crippen LogP contribution in [0.5, 0.6) is 0 Å². The zero-order valence-corrected chi connectivity index (χ0v) is 58.1. The molecule has 0 aromatic heterocycles. The molecule has 3 heterocycles.